The first kappa shape index (κ1) is 11.6. The van der Waals surface area contributed by atoms with Crippen LogP contribution in [0.2, 0.25) is 5.15 Å². The van der Waals surface area contributed by atoms with Crippen molar-refractivity contribution in [3.8, 4) is 0 Å². The molecule has 1 aliphatic rings. The number of rotatable bonds is 4. The Bertz CT molecular complexity index is 392. The third-order valence-corrected chi connectivity index (χ3v) is 3.62. The SMILES string of the molecule is CCc1nc(Cl)c(C)c(NCC2CC2C)n1. The maximum Gasteiger partial charge on any atom is 0.137 e. The van der Waals surface area contributed by atoms with Gasteiger partial charge in [0.25, 0.3) is 0 Å². The van der Waals surface area contributed by atoms with Crippen molar-refractivity contribution in [2.24, 2.45) is 11.8 Å². The normalized spacial score (nSPS) is 23.2. The van der Waals surface area contributed by atoms with E-state index in [0.717, 1.165) is 42.0 Å². The minimum Gasteiger partial charge on any atom is -0.369 e. The average molecular weight is 240 g/mol. The summed E-state index contributed by atoms with van der Waals surface area (Å²) in [6.45, 7) is 7.27. The van der Waals surface area contributed by atoms with Crippen molar-refractivity contribution in [3.05, 3.63) is 16.5 Å². The molecule has 0 amide bonds. The van der Waals surface area contributed by atoms with Crippen molar-refractivity contribution < 1.29 is 0 Å². The van der Waals surface area contributed by atoms with Gasteiger partial charge in [0.05, 0.1) is 0 Å². The molecule has 2 rings (SSSR count). The Morgan fingerprint density at radius 1 is 1.44 bits per heavy atom. The van der Waals surface area contributed by atoms with E-state index in [9.17, 15) is 0 Å². The van der Waals surface area contributed by atoms with Crippen LogP contribution in [0.25, 0.3) is 0 Å². The number of halogens is 1. The molecule has 16 heavy (non-hydrogen) atoms. The zero-order valence-electron chi connectivity index (χ0n) is 10.0. The fourth-order valence-corrected chi connectivity index (χ4v) is 1.96. The summed E-state index contributed by atoms with van der Waals surface area (Å²) in [6, 6.07) is 0. The largest absolute Gasteiger partial charge is 0.369 e. The fourth-order valence-electron chi connectivity index (χ4n) is 1.77. The van der Waals surface area contributed by atoms with E-state index in [1.165, 1.54) is 6.42 Å². The lowest BCUT2D eigenvalue weighted by atomic mass is 10.3. The zero-order valence-corrected chi connectivity index (χ0v) is 10.8. The molecular weight excluding hydrogens is 222 g/mol. The molecule has 0 aromatic carbocycles. The number of nitrogens with one attached hydrogen (secondary N) is 1. The molecule has 0 saturated heterocycles. The van der Waals surface area contributed by atoms with Gasteiger partial charge in [-0.15, -0.1) is 0 Å². The molecule has 1 aromatic rings. The van der Waals surface area contributed by atoms with Crippen LogP contribution in [0.5, 0.6) is 0 Å². The maximum atomic E-state index is 6.07. The van der Waals surface area contributed by atoms with Gasteiger partial charge < -0.3 is 5.32 Å². The fraction of sp³-hybridized carbons (Fsp3) is 0.667. The summed E-state index contributed by atoms with van der Waals surface area (Å²) >= 11 is 6.07. The molecular formula is C12H18ClN3. The molecule has 2 atom stereocenters. The molecule has 0 radical (unpaired) electrons. The van der Waals surface area contributed by atoms with Crippen molar-refractivity contribution in [2.45, 2.75) is 33.6 Å². The highest BCUT2D eigenvalue weighted by atomic mass is 35.5. The number of nitrogens with zero attached hydrogens (tertiary/aromatic N) is 2. The summed E-state index contributed by atoms with van der Waals surface area (Å²) in [4.78, 5) is 8.69. The van der Waals surface area contributed by atoms with Gasteiger partial charge in [-0.3, -0.25) is 0 Å². The van der Waals surface area contributed by atoms with Gasteiger partial charge in [-0.25, -0.2) is 9.97 Å². The number of anilines is 1. The molecule has 1 fully saturated rings. The summed E-state index contributed by atoms with van der Waals surface area (Å²) in [6.07, 6.45) is 2.14. The van der Waals surface area contributed by atoms with Crippen LogP contribution in [0, 0.1) is 18.8 Å². The molecule has 88 valence electrons. The molecule has 2 unspecified atom stereocenters. The lowest BCUT2D eigenvalue weighted by Gasteiger charge is -2.10. The van der Waals surface area contributed by atoms with Gasteiger partial charge in [0.15, 0.2) is 0 Å². The molecule has 1 aliphatic carbocycles. The van der Waals surface area contributed by atoms with E-state index in [0.29, 0.717) is 5.15 Å². The van der Waals surface area contributed by atoms with E-state index < -0.39 is 0 Å². The summed E-state index contributed by atoms with van der Waals surface area (Å²) in [7, 11) is 0. The Labute approximate surface area is 102 Å². The number of hydrogen-bond donors (Lipinski definition) is 1. The predicted molar refractivity (Wildman–Crippen MR) is 66.9 cm³/mol. The number of hydrogen-bond acceptors (Lipinski definition) is 3. The standard InChI is InChI=1S/C12H18ClN3/c1-4-10-15-11(13)8(3)12(16-10)14-6-9-5-7(9)2/h7,9H,4-6H2,1-3H3,(H,14,15,16). The van der Waals surface area contributed by atoms with Gasteiger partial charge in [0.2, 0.25) is 0 Å². The van der Waals surface area contributed by atoms with Gasteiger partial charge >= 0.3 is 0 Å². The molecule has 0 aliphatic heterocycles. The minimum atomic E-state index is 0.568. The van der Waals surface area contributed by atoms with Crippen LogP contribution in [0.15, 0.2) is 0 Å². The van der Waals surface area contributed by atoms with Gasteiger partial charge in [0, 0.05) is 18.5 Å². The van der Waals surface area contributed by atoms with Crippen molar-refractivity contribution >= 4 is 17.4 Å². The third kappa shape index (κ3) is 2.46. The topological polar surface area (TPSA) is 37.8 Å². The van der Waals surface area contributed by atoms with Gasteiger partial charge in [-0.05, 0) is 25.2 Å². The van der Waals surface area contributed by atoms with Crippen LogP contribution < -0.4 is 5.32 Å². The highest BCUT2D eigenvalue weighted by Crippen LogP contribution is 2.37. The lowest BCUT2D eigenvalue weighted by Crippen LogP contribution is -2.10. The molecule has 1 saturated carbocycles. The van der Waals surface area contributed by atoms with Gasteiger partial charge in [-0.1, -0.05) is 25.4 Å². The van der Waals surface area contributed by atoms with Crippen LogP contribution in [-0.4, -0.2) is 16.5 Å². The lowest BCUT2D eigenvalue weighted by molar-refractivity contribution is 0.780. The Morgan fingerprint density at radius 2 is 2.12 bits per heavy atom. The second-order valence-corrected chi connectivity index (χ2v) is 4.97. The summed E-state index contributed by atoms with van der Waals surface area (Å²) in [5, 5.41) is 3.95. The summed E-state index contributed by atoms with van der Waals surface area (Å²) in [5.74, 6) is 3.37. The molecule has 0 bridgehead atoms. The first-order chi connectivity index (χ1) is 7.61. The Balaban J connectivity index is 2.09. The maximum absolute atomic E-state index is 6.07. The Morgan fingerprint density at radius 3 is 2.69 bits per heavy atom. The smallest absolute Gasteiger partial charge is 0.137 e. The minimum absolute atomic E-state index is 0.568. The van der Waals surface area contributed by atoms with Crippen molar-refractivity contribution in [1.82, 2.24) is 9.97 Å². The molecule has 1 aromatic heterocycles. The van der Waals surface area contributed by atoms with E-state index >= 15 is 0 Å². The molecule has 0 spiro atoms. The van der Waals surface area contributed by atoms with Crippen LogP contribution in [0.3, 0.4) is 0 Å². The Kier molecular flexibility index (Phi) is 3.33. The number of aryl methyl sites for hydroxylation is 1. The average Bonchev–Trinajstić information content (AvgIpc) is 2.96. The molecule has 1 N–H and O–H groups in total. The summed E-state index contributed by atoms with van der Waals surface area (Å²) in [5.41, 5.74) is 0.951. The van der Waals surface area contributed by atoms with E-state index in [4.69, 9.17) is 11.6 Å². The molecule has 3 nitrogen and oxygen atoms in total. The second kappa shape index (κ2) is 4.58. The highest BCUT2D eigenvalue weighted by molar-refractivity contribution is 6.30. The predicted octanol–water partition coefficient (Wildman–Crippen LogP) is 3.07. The highest BCUT2D eigenvalue weighted by Gasteiger charge is 2.32. The van der Waals surface area contributed by atoms with Crippen molar-refractivity contribution in [1.29, 1.82) is 0 Å². The first-order valence-electron chi connectivity index (χ1n) is 5.88. The van der Waals surface area contributed by atoms with Crippen LogP contribution in [0.1, 0.15) is 31.7 Å². The van der Waals surface area contributed by atoms with Gasteiger partial charge in [0.1, 0.15) is 16.8 Å². The third-order valence-electron chi connectivity index (χ3n) is 3.26. The van der Waals surface area contributed by atoms with Crippen molar-refractivity contribution in [2.75, 3.05) is 11.9 Å². The molecule has 4 heteroatoms. The zero-order chi connectivity index (χ0) is 11.7. The number of aromatic nitrogens is 2. The van der Waals surface area contributed by atoms with Crippen LogP contribution >= 0.6 is 11.6 Å². The van der Waals surface area contributed by atoms with Crippen LogP contribution in [-0.2, 0) is 6.42 Å². The molecule has 1 heterocycles. The Hall–Kier alpha value is -0.830. The second-order valence-electron chi connectivity index (χ2n) is 4.61. The quantitative estimate of drug-likeness (QED) is 0.821. The van der Waals surface area contributed by atoms with Crippen molar-refractivity contribution in [3.63, 3.8) is 0 Å². The first-order valence-corrected chi connectivity index (χ1v) is 6.26. The van der Waals surface area contributed by atoms with E-state index in [2.05, 4.69) is 22.2 Å². The van der Waals surface area contributed by atoms with E-state index in [1.54, 1.807) is 0 Å². The van der Waals surface area contributed by atoms with E-state index in [1.807, 2.05) is 13.8 Å². The van der Waals surface area contributed by atoms with Gasteiger partial charge in [-0.2, -0.15) is 0 Å². The monoisotopic (exact) mass is 239 g/mol. The summed E-state index contributed by atoms with van der Waals surface area (Å²) < 4.78 is 0. The van der Waals surface area contributed by atoms with E-state index in [-0.39, 0.29) is 0 Å². The van der Waals surface area contributed by atoms with Crippen LogP contribution in [0.4, 0.5) is 5.82 Å².